The molecule has 0 atom stereocenters. The van der Waals surface area contributed by atoms with Gasteiger partial charge in [-0.25, -0.2) is 0 Å². The Labute approximate surface area is 85.3 Å². The number of anilines is 1. The van der Waals surface area contributed by atoms with Crippen LogP contribution in [0.4, 0.5) is 5.13 Å². The molecular formula is C6H9ClN4OS. The summed E-state index contributed by atoms with van der Waals surface area (Å²) in [6.45, 7) is 1.54. The second-order valence-corrected chi connectivity index (χ2v) is 3.42. The van der Waals surface area contributed by atoms with Crippen molar-refractivity contribution in [2.45, 2.75) is 0 Å². The summed E-state index contributed by atoms with van der Waals surface area (Å²) in [7, 11) is 0. The molecule has 0 bridgehead atoms. The molecule has 0 spiro atoms. The van der Waals surface area contributed by atoms with Gasteiger partial charge in [-0.15, -0.1) is 22.6 Å². The van der Waals surface area contributed by atoms with E-state index in [1.165, 1.54) is 11.3 Å². The minimum atomic E-state index is 0. The van der Waals surface area contributed by atoms with E-state index in [0.717, 1.165) is 13.1 Å². The van der Waals surface area contributed by atoms with Gasteiger partial charge < -0.3 is 10.6 Å². The number of carbonyl (C=O) groups is 1. The summed E-state index contributed by atoms with van der Waals surface area (Å²) in [6, 6.07) is 0. The lowest BCUT2D eigenvalue weighted by Gasteiger charge is -2.24. The van der Waals surface area contributed by atoms with Gasteiger partial charge in [0.05, 0.1) is 5.92 Å². The molecule has 0 unspecified atom stereocenters. The monoisotopic (exact) mass is 220 g/mol. The Balaban J connectivity index is 0.000000845. The number of carbonyl (C=O) groups excluding carboxylic acids is 1. The molecule has 1 aliphatic heterocycles. The zero-order valence-electron chi connectivity index (χ0n) is 6.69. The first-order valence-corrected chi connectivity index (χ1v) is 4.52. The number of nitrogens with zero attached hydrogens (tertiary/aromatic N) is 2. The molecule has 2 rings (SSSR count). The van der Waals surface area contributed by atoms with Crippen LogP contribution in [0.15, 0.2) is 5.51 Å². The number of aromatic nitrogens is 2. The normalized spacial score (nSPS) is 15.7. The van der Waals surface area contributed by atoms with Crippen LogP contribution in [0.2, 0.25) is 0 Å². The Morgan fingerprint density at radius 3 is 2.92 bits per heavy atom. The molecule has 1 aliphatic rings. The molecule has 1 saturated heterocycles. The van der Waals surface area contributed by atoms with Crippen molar-refractivity contribution in [3.63, 3.8) is 0 Å². The minimum Gasteiger partial charge on any atom is -0.315 e. The van der Waals surface area contributed by atoms with Crippen molar-refractivity contribution in [2.24, 2.45) is 5.92 Å². The van der Waals surface area contributed by atoms with E-state index >= 15 is 0 Å². The third kappa shape index (κ3) is 2.36. The molecule has 2 N–H and O–H groups in total. The van der Waals surface area contributed by atoms with Gasteiger partial charge in [0.2, 0.25) is 11.0 Å². The minimum absolute atomic E-state index is 0. The fraction of sp³-hybridized carbons (Fsp3) is 0.500. The van der Waals surface area contributed by atoms with Crippen LogP contribution in [0, 0.1) is 5.92 Å². The fourth-order valence-electron chi connectivity index (χ4n) is 0.909. The molecule has 2 heterocycles. The first-order valence-electron chi connectivity index (χ1n) is 3.64. The van der Waals surface area contributed by atoms with Crippen molar-refractivity contribution in [1.82, 2.24) is 15.5 Å². The first-order chi connectivity index (χ1) is 5.86. The molecule has 1 fully saturated rings. The molecule has 5 nitrogen and oxygen atoms in total. The summed E-state index contributed by atoms with van der Waals surface area (Å²) in [6.07, 6.45) is 0. The average molecular weight is 221 g/mol. The van der Waals surface area contributed by atoms with Gasteiger partial charge in [-0.1, -0.05) is 11.3 Å². The van der Waals surface area contributed by atoms with Gasteiger partial charge in [0.15, 0.2) is 0 Å². The quantitative estimate of drug-likeness (QED) is 0.743. The summed E-state index contributed by atoms with van der Waals surface area (Å²) in [5, 5.41) is 13.6. The van der Waals surface area contributed by atoms with Crippen LogP contribution < -0.4 is 10.6 Å². The van der Waals surface area contributed by atoms with Crippen molar-refractivity contribution >= 4 is 34.8 Å². The van der Waals surface area contributed by atoms with Gasteiger partial charge in [-0.3, -0.25) is 4.79 Å². The molecule has 1 aromatic rings. The third-order valence-electron chi connectivity index (χ3n) is 1.74. The maximum Gasteiger partial charge on any atom is 0.231 e. The first kappa shape index (κ1) is 10.4. The van der Waals surface area contributed by atoms with Crippen molar-refractivity contribution in [3.05, 3.63) is 5.51 Å². The van der Waals surface area contributed by atoms with Crippen LogP contribution in [0.5, 0.6) is 0 Å². The van der Waals surface area contributed by atoms with E-state index in [1.54, 1.807) is 5.51 Å². The predicted molar refractivity (Wildman–Crippen MR) is 52.1 cm³/mol. The molecule has 13 heavy (non-hydrogen) atoms. The Morgan fingerprint density at radius 2 is 2.46 bits per heavy atom. The SMILES string of the molecule is Cl.O=C(Nc1nncs1)C1CNC1. The highest BCUT2D eigenvalue weighted by Gasteiger charge is 2.25. The maximum atomic E-state index is 11.3. The van der Waals surface area contributed by atoms with Crippen LogP contribution in [0.1, 0.15) is 0 Å². The van der Waals surface area contributed by atoms with Crippen LogP contribution in [0.3, 0.4) is 0 Å². The second kappa shape index (κ2) is 4.50. The van der Waals surface area contributed by atoms with Gasteiger partial charge in [-0.2, -0.15) is 0 Å². The summed E-state index contributed by atoms with van der Waals surface area (Å²) >= 11 is 1.33. The molecule has 1 amide bonds. The smallest absolute Gasteiger partial charge is 0.231 e. The lowest BCUT2D eigenvalue weighted by atomic mass is 10.0. The fourth-order valence-corrected chi connectivity index (χ4v) is 1.36. The number of hydrogen-bond acceptors (Lipinski definition) is 5. The highest BCUT2D eigenvalue weighted by Crippen LogP contribution is 2.11. The second-order valence-electron chi connectivity index (χ2n) is 2.59. The maximum absolute atomic E-state index is 11.3. The number of amides is 1. The summed E-state index contributed by atoms with van der Waals surface area (Å²) in [5.41, 5.74) is 1.59. The standard InChI is InChI=1S/C6H8N4OS.ClH/c11-5(4-1-7-2-4)9-6-10-8-3-12-6;/h3-4,7H,1-2H2,(H,9,10,11);1H. The lowest BCUT2D eigenvalue weighted by Crippen LogP contribution is -2.48. The van der Waals surface area contributed by atoms with E-state index in [-0.39, 0.29) is 24.2 Å². The van der Waals surface area contributed by atoms with Crippen LogP contribution in [0.25, 0.3) is 0 Å². The van der Waals surface area contributed by atoms with E-state index in [1.807, 2.05) is 0 Å². The molecule has 0 aromatic carbocycles. The highest BCUT2D eigenvalue weighted by atomic mass is 35.5. The topological polar surface area (TPSA) is 66.9 Å². The summed E-state index contributed by atoms with van der Waals surface area (Å²) in [5.74, 6) is 0.138. The van der Waals surface area contributed by atoms with Crippen molar-refractivity contribution in [1.29, 1.82) is 0 Å². The molecule has 0 aliphatic carbocycles. The number of halogens is 1. The summed E-state index contributed by atoms with van der Waals surface area (Å²) < 4.78 is 0. The van der Waals surface area contributed by atoms with E-state index in [0.29, 0.717) is 5.13 Å². The Hall–Kier alpha value is -0.720. The van der Waals surface area contributed by atoms with E-state index in [2.05, 4.69) is 20.8 Å². The molecule has 0 saturated carbocycles. The van der Waals surface area contributed by atoms with Gasteiger partial charge in [0, 0.05) is 13.1 Å². The van der Waals surface area contributed by atoms with Crippen molar-refractivity contribution in [2.75, 3.05) is 18.4 Å². The van der Waals surface area contributed by atoms with E-state index in [4.69, 9.17) is 0 Å². The molecule has 72 valence electrons. The predicted octanol–water partition coefficient (Wildman–Crippen LogP) is 0.118. The largest absolute Gasteiger partial charge is 0.315 e. The molecular weight excluding hydrogens is 212 g/mol. The number of nitrogens with one attached hydrogen (secondary N) is 2. The van der Waals surface area contributed by atoms with E-state index in [9.17, 15) is 4.79 Å². The highest BCUT2D eigenvalue weighted by molar-refractivity contribution is 7.13. The van der Waals surface area contributed by atoms with Gasteiger partial charge in [0.1, 0.15) is 5.51 Å². The van der Waals surface area contributed by atoms with E-state index < -0.39 is 0 Å². The lowest BCUT2D eigenvalue weighted by molar-refractivity contribution is -0.121. The van der Waals surface area contributed by atoms with Gasteiger partial charge in [-0.05, 0) is 0 Å². The Morgan fingerprint density at radius 1 is 1.69 bits per heavy atom. The van der Waals surface area contributed by atoms with Gasteiger partial charge in [0.25, 0.3) is 0 Å². The third-order valence-corrected chi connectivity index (χ3v) is 2.35. The van der Waals surface area contributed by atoms with Crippen LogP contribution in [-0.2, 0) is 4.79 Å². The zero-order valence-corrected chi connectivity index (χ0v) is 8.32. The number of rotatable bonds is 2. The molecule has 1 aromatic heterocycles. The van der Waals surface area contributed by atoms with Crippen LogP contribution >= 0.6 is 23.7 Å². The number of hydrogen-bond donors (Lipinski definition) is 2. The summed E-state index contributed by atoms with van der Waals surface area (Å²) in [4.78, 5) is 11.3. The van der Waals surface area contributed by atoms with Crippen LogP contribution in [-0.4, -0.2) is 29.2 Å². The molecule has 7 heteroatoms. The van der Waals surface area contributed by atoms with Crippen molar-refractivity contribution in [3.8, 4) is 0 Å². The Bertz CT molecular complexity index is 274. The van der Waals surface area contributed by atoms with Crippen molar-refractivity contribution < 1.29 is 4.79 Å². The Kier molecular flexibility index (Phi) is 3.58. The zero-order chi connectivity index (χ0) is 8.39. The molecule has 0 radical (unpaired) electrons. The van der Waals surface area contributed by atoms with Gasteiger partial charge >= 0.3 is 0 Å². The average Bonchev–Trinajstić information content (AvgIpc) is 2.34.